The van der Waals surface area contributed by atoms with Crippen molar-refractivity contribution < 1.29 is 9.84 Å². The summed E-state index contributed by atoms with van der Waals surface area (Å²) in [5, 5.41) is 9.91. The van der Waals surface area contributed by atoms with E-state index in [0.29, 0.717) is 23.4 Å². The highest BCUT2D eigenvalue weighted by atomic mass is 16.5. The van der Waals surface area contributed by atoms with Gasteiger partial charge in [-0.25, -0.2) is 0 Å². The van der Waals surface area contributed by atoms with Crippen LogP contribution in [0.4, 0.5) is 0 Å². The zero-order valence-electron chi connectivity index (χ0n) is 12.4. The molecule has 1 aromatic heterocycles. The predicted octanol–water partition coefficient (Wildman–Crippen LogP) is 2.42. The number of para-hydroxylation sites is 1. The molecule has 0 bridgehead atoms. The number of fused-ring (bicyclic) bond motifs is 1. The first-order valence-electron chi connectivity index (χ1n) is 7.04. The van der Waals surface area contributed by atoms with Gasteiger partial charge in [0, 0.05) is 6.42 Å². The summed E-state index contributed by atoms with van der Waals surface area (Å²) in [7, 11) is 0. The van der Waals surface area contributed by atoms with Crippen LogP contribution in [0.1, 0.15) is 31.9 Å². The largest absolute Gasteiger partial charge is 0.493 e. The molecule has 1 aliphatic heterocycles. The van der Waals surface area contributed by atoms with Crippen molar-refractivity contribution in [1.29, 1.82) is 0 Å². The van der Waals surface area contributed by atoms with E-state index >= 15 is 0 Å². The molecule has 0 unspecified atom stereocenters. The fourth-order valence-electron chi connectivity index (χ4n) is 2.73. The molecule has 0 radical (unpaired) electrons. The SMILES string of the molecule is CCc1c(O)nc(-c2cccc3c2OC(C)(C)C3)[nH]c1=O. The Labute approximate surface area is 122 Å². The Morgan fingerprint density at radius 1 is 1.43 bits per heavy atom. The van der Waals surface area contributed by atoms with Gasteiger partial charge in [0.25, 0.3) is 5.56 Å². The van der Waals surface area contributed by atoms with Crippen LogP contribution in [0.3, 0.4) is 0 Å². The minimum Gasteiger partial charge on any atom is -0.493 e. The minimum absolute atomic E-state index is 0.217. The minimum atomic E-state index is -0.310. The molecule has 5 heteroatoms. The van der Waals surface area contributed by atoms with E-state index in [9.17, 15) is 9.90 Å². The van der Waals surface area contributed by atoms with Crippen molar-refractivity contribution in [2.75, 3.05) is 0 Å². The lowest BCUT2D eigenvalue weighted by atomic mass is 10.0. The van der Waals surface area contributed by atoms with Crippen molar-refractivity contribution in [1.82, 2.24) is 9.97 Å². The van der Waals surface area contributed by atoms with E-state index in [4.69, 9.17) is 4.74 Å². The molecular formula is C16H18N2O3. The number of aromatic hydroxyl groups is 1. The molecule has 0 saturated heterocycles. The van der Waals surface area contributed by atoms with Crippen LogP contribution < -0.4 is 10.3 Å². The van der Waals surface area contributed by atoms with Gasteiger partial charge in [0.2, 0.25) is 5.88 Å². The maximum atomic E-state index is 12.0. The number of rotatable bonds is 2. The van der Waals surface area contributed by atoms with Gasteiger partial charge in [-0.15, -0.1) is 0 Å². The fraction of sp³-hybridized carbons (Fsp3) is 0.375. The van der Waals surface area contributed by atoms with Crippen LogP contribution in [0, 0.1) is 0 Å². The Kier molecular flexibility index (Phi) is 3.01. The summed E-state index contributed by atoms with van der Waals surface area (Å²) >= 11 is 0. The summed E-state index contributed by atoms with van der Waals surface area (Å²) in [5.74, 6) is 0.852. The zero-order valence-corrected chi connectivity index (χ0v) is 12.4. The summed E-state index contributed by atoms with van der Waals surface area (Å²) in [6.07, 6.45) is 1.24. The molecule has 0 spiro atoms. The summed E-state index contributed by atoms with van der Waals surface area (Å²) in [5.41, 5.74) is 1.50. The molecule has 21 heavy (non-hydrogen) atoms. The smallest absolute Gasteiger partial charge is 0.258 e. The van der Waals surface area contributed by atoms with Crippen LogP contribution in [0.25, 0.3) is 11.4 Å². The van der Waals surface area contributed by atoms with Crippen molar-refractivity contribution in [3.8, 4) is 23.0 Å². The summed E-state index contributed by atoms with van der Waals surface area (Å²) in [4.78, 5) is 18.9. The van der Waals surface area contributed by atoms with Gasteiger partial charge < -0.3 is 14.8 Å². The Balaban J connectivity index is 2.16. The maximum Gasteiger partial charge on any atom is 0.258 e. The van der Waals surface area contributed by atoms with Crippen molar-refractivity contribution in [3.63, 3.8) is 0 Å². The lowest BCUT2D eigenvalue weighted by Crippen LogP contribution is -2.24. The molecule has 3 rings (SSSR count). The van der Waals surface area contributed by atoms with Crippen molar-refractivity contribution in [3.05, 3.63) is 39.7 Å². The van der Waals surface area contributed by atoms with Crippen LogP contribution in [-0.4, -0.2) is 20.7 Å². The first-order chi connectivity index (χ1) is 9.91. The summed E-state index contributed by atoms with van der Waals surface area (Å²) in [6.45, 7) is 5.84. The number of hydrogen-bond donors (Lipinski definition) is 2. The molecule has 1 aromatic carbocycles. The second-order valence-corrected chi connectivity index (χ2v) is 5.90. The van der Waals surface area contributed by atoms with Gasteiger partial charge in [-0.2, -0.15) is 4.98 Å². The standard InChI is InChI=1S/C16H18N2O3/c1-4-10-14(19)17-13(18-15(10)20)11-7-5-6-9-8-16(2,3)21-12(9)11/h5-7H,4,8H2,1-3H3,(H2,17,18,19,20). The van der Waals surface area contributed by atoms with E-state index in [0.717, 1.165) is 17.7 Å². The van der Waals surface area contributed by atoms with E-state index in [1.54, 1.807) is 6.92 Å². The normalized spacial score (nSPS) is 15.6. The number of benzene rings is 1. The molecule has 0 aliphatic carbocycles. The van der Waals surface area contributed by atoms with Crippen molar-refractivity contribution >= 4 is 0 Å². The third-order valence-corrected chi connectivity index (χ3v) is 3.69. The Hall–Kier alpha value is -2.30. The lowest BCUT2D eigenvalue weighted by Gasteiger charge is -2.18. The summed E-state index contributed by atoms with van der Waals surface area (Å²) in [6, 6.07) is 5.75. The van der Waals surface area contributed by atoms with Crippen molar-refractivity contribution in [2.24, 2.45) is 0 Å². The monoisotopic (exact) mass is 286 g/mol. The van der Waals surface area contributed by atoms with E-state index in [1.165, 1.54) is 0 Å². The molecule has 0 fully saturated rings. The van der Waals surface area contributed by atoms with E-state index in [2.05, 4.69) is 9.97 Å². The highest BCUT2D eigenvalue weighted by Crippen LogP contribution is 2.41. The molecule has 2 aromatic rings. The number of ether oxygens (including phenoxy) is 1. The number of nitrogens with zero attached hydrogens (tertiary/aromatic N) is 1. The van der Waals surface area contributed by atoms with Gasteiger partial charge in [0.05, 0.1) is 11.1 Å². The first-order valence-corrected chi connectivity index (χ1v) is 7.04. The Bertz CT molecular complexity index is 763. The number of nitrogens with one attached hydrogen (secondary N) is 1. The second-order valence-electron chi connectivity index (χ2n) is 5.90. The second kappa shape index (κ2) is 4.62. The number of aromatic nitrogens is 2. The number of aromatic amines is 1. The molecule has 5 nitrogen and oxygen atoms in total. The average Bonchev–Trinajstić information content (AvgIpc) is 2.71. The van der Waals surface area contributed by atoms with E-state index in [1.807, 2.05) is 32.0 Å². The van der Waals surface area contributed by atoms with Gasteiger partial charge in [-0.3, -0.25) is 4.79 Å². The van der Waals surface area contributed by atoms with Crippen LogP contribution >= 0.6 is 0 Å². The highest BCUT2D eigenvalue weighted by Gasteiger charge is 2.32. The quantitative estimate of drug-likeness (QED) is 0.889. The van der Waals surface area contributed by atoms with Gasteiger partial charge in [0.15, 0.2) is 0 Å². The van der Waals surface area contributed by atoms with Gasteiger partial charge >= 0.3 is 0 Å². The van der Waals surface area contributed by atoms with Gasteiger partial charge in [-0.1, -0.05) is 19.1 Å². The molecule has 2 N–H and O–H groups in total. The third-order valence-electron chi connectivity index (χ3n) is 3.69. The molecule has 0 amide bonds. The lowest BCUT2D eigenvalue weighted by molar-refractivity contribution is 0.139. The maximum absolute atomic E-state index is 12.0. The summed E-state index contributed by atoms with van der Waals surface area (Å²) < 4.78 is 5.97. The van der Waals surface area contributed by atoms with Crippen LogP contribution in [0.5, 0.6) is 11.6 Å². The molecular weight excluding hydrogens is 268 g/mol. The van der Waals surface area contributed by atoms with Gasteiger partial charge in [-0.05, 0) is 31.9 Å². The van der Waals surface area contributed by atoms with E-state index < -0.39 is 0 Å². The first kappa shape index (κ1) is 13.7. The Morgan fingerprint density at radius 3 is 2.86 bits per heavy atom. The highest BCUT2D eigenvalue weighted by molar-refractivity contribution is 5.68. The van der Waals surface area contributed by atoms with Crippen molar-refractivity contribution in [2.45, 2.75) is 39.2 Å². The molecule has 110 valence electrons. The molecule has 2 heterocycles. The predicted molar refractivity (Wildman–Crippen MR) is 79.7 cm³/mol. The number of hydrogen-bond acceptors (Lipinski definition) is 4. The van der Waals surface area contributed by atoms with Gasteiger partial charge in [0.1, 0.15) is 17.2 Å². The average molecular weight is 286 g/mol. The Morgan fingerprint density at radius 2 is 2.19 bits per heavy atom. The molecule has 0 saturated carbocycles. The van der Waals surface area contributed by atoms with Crippen LogP contribution in [-0.2, 0) is 12.8 Å². The number of H-pyrrole nitrogens is 1. The molecule has 1 aliphatic rings. The molecule has 0 atom stereocenters. The van der Waals surface area contributed by atoms with Crippen LogP contribution in [0.15, 0.2) is 23.0 Å². The topological polar surface area (TPSA) is 75.2 Å². The fourth-order valence-corrected chi connectivity index (χ4v) is 2.73. The van der Waals surface area contributed by atoms with E-state index in [-0.39, 0.29) is 17.0 Å². The third kappa shape index (κ3) is 2.28. The van der Waals surface area contributed by atoms with Crippen LogP contribution in [0.2, 0.25) is 0 Å². The zero-order chi connectivity index (χ0) is 15.2.